The van der Waals surface area contributed by atoms with Gasteiger partial charge in [-0.05, 0) is 44.5 Å². The van der Waals surface area contributed by atoms with E-state index in [1.165, 1.54) is 11.8 Å². The number of aryl methyl sites for hydroxylation is 2. The van der Waals surface area contributed by atoms with Crippen molar-refractivity contribution in [3.63, 3.8) is 0 Å². The summed E-state index contributed by atoms with van der Waals surface area (Å²) in [4.78, 5) is 22.9. The summed E-state index contributed by atoms with van der Waals surface area (Å²) < 4.78 is 5.17. The van der Waals surface area contributed by atoms with Crippen LogP contribution in [-0.4, -0.2) is 40.7 Å². The van der Waals surface area contributed by atoms with Crippen molar-refractivity contribution in [2.75, 3.05) is 19.9 Å². The highest BCUT2D eigenvalue weighted by molar-refractivity contribution is 7.99. The van der Waals surface area contributed by atoms with E-state index in [1.807, 2.05) is 58.2 Å². The number of benzene rings is 1. The fourth-order valence-electron chi connectivity index (χ4n) is 2.31. The van der Waals surface area contributed by atoms with Gasteiger partial charge in [0.2, 0.25) is 5.91 Å². The molecule has 1 amide bonds. The molecule has 6 heteroatoms. The van der Waals surface area contributed by atoms with E-state index in [4.69, 9.17) is 4.74 Å². The van der Waals surface area contributed by atoms with Crippen molar-refractivity contribution in [2.45, 2.75) is 32.0 Å². The number of ether oxygens (including phenoxy) is 1. The maximum Gasteiger partial charge on any atom is 0.233 e. The summed E-state index contributed by atoms with van der Waals surface area (Å²) in [6.45, 7) is 5.87. The first kappa shape index (κ1) is 18.3. The van der Waals surface area contributed by atoms with Crippen LogP contribution in [0.4, 0.5) is 0 Å². The molecule has 1 unspecified atom stereocenters. The number of rotatable bonds is 6. The number of hydrogen-bond acceptors (Lipinski definition) is 5. The Morgan fingerprint density at radius 3 is 2.33 bits per heavy atom. The minimum atomic E-state index is -0.0100. The molecule has 24 heavy (non-hydrogen) atoms. The Hall–Kier alpha value is -2.08. The van der Waals surface area contributed by atoms with Gasteiger partial charge in [0.05, 0.1) is 18.9 Å². The van der Waals surface area contributed by atoms with Crippen molar-refractivity contribution in [3.8, 4) is 5.75 Å². The molecular formula is C18H23N3O2S. The minimum Gasteiger partial charge on any atom is -0.497 e. The highest BCUT2D eigenvalue weighted by atomic mass is 32.2. The maximum absolute atomic E-state index is 12.4. The van der Waals surface area contributed by atoms with Gasteiger partial charge in [-0.15, -0.1) is 0 Å². The first-order chi connectivity index (χ1) is 11.4. The lowest BCUT2D eigenvalue weighted by Crippen LogP contribution is -2.31. The number of aromatic nitrogens is 2. The zero-order valence-electron chi connectivity index (χ0n) is 14.7. The van der Waals surface area contributed by atoms with Crippen LogP contribution >= 0.6 is 11.8 Å². The molecule has 0 radical (unpaired) electrons. The van der Waals surface area contributed by atoms with E-state index in [-0.39, 0.29) is 11.9 Å². The predicted octanol–water partition coefficient (Wildman–Crippen LogP) is 3.41. The van der Waals surface area contributed by atoms with E-state index in [2.05, 4.69) is 9.97 Å². The van der Waals surface area contributed by atoms with E-state index < -0.39 is 0 Å². The molecule has 0 saturated carbocycles. The first-order valence-electron chi connectivity index (χ1n) is 7.75. The summed E-state index contributed by atoms with van der Waals surface area (Å²) in [6, 6.07) is 9.68. The van der Waals surface area contributed by atoms with Crippen molar-refractivity contribution in [1.29, 1.82) is 0 Å². The van der Waals surface area contributed by atoms with Crippen LogP contribution < -0.4 is 4.74 Å². The molecule has 1 aromatic carbocycles. The van der Waals surface area contributed by atoms with Gasteiger partial charge >= 0.3 is 0 Å². The molecular weight excluding hydrogens is 322 g/mol. The van der Waals surface area contributed by atoms with Gasteiger partial charge in [0.15, 0.2) is 5.16 Å². The smallest absolute Gasteiger partial charge is 0.233 e. The number of carbonyl (C=O) groups excluding carboxylic acids is 1. The van der Waals surface area contributed by atoms with Gasteiger partial charge < -0.3 is 9.64 Å². The summed E-state index contributed by atoms with van der Waals surface area (Å²) in [5.74, 6) is 1.17. The number of amides is 1. The second-order valence-electron chi connectivity index (χ2n) is 5.68. The zero-order chi connectivity index (χ0) is 17.7. The van der Waals surface area contributed by atoms with Crippen LogP contribution in [-0.2, 0) is 4.79 Å². The van der Waals surface area contributed by atoms with Crippen molar-refractivity contribution < 1.29 is 9.53 Å². The fraction of sp³-hybridized carbons (Fsp3) is 0.389. The second-order valence-corrected chi connectivity index (χ2v) is 6.62. The van der Waals surface area contributed by atoms with Crippen molar-refractivity contribution in [3.05, 3.63) is 47.3 Å². The van der Waals surface area contributed by atoms with Gasteiger partial charge in [-0.25, -0.2) is 9.97 Å². The predicted molar refractivity (Wildman–Crippen MR) is 96.4 cm³/mol. The molecule has 0 saturated heterocycles. The van der Waals surface area contributed by atoms with Crippen LogP contribution in [0.5, 0.6) is 5.75 Å². The number of nitrogens with zero attached hydrogens (tertiary/aromatic N) is 3. The molecule has 2 rings (SSSR count). The molecule has 0 aliphatic carbocycles. The Morgan fingerprint density at radius 2 is 1.79 bits per heavy atom. The molecule has 0 spiro atoms. The normalized spacial score (nSPS) is 11.9. The van der Waals surface area contributed by atoms with Crippen LogP contribution in [0.1, 0.15) is 29.9 Å². The average molecular weight is 345 g/mol. The van der Waals surface area contributed by atoms with Gasteiger partial charge in [0, 0.05) is 18.4 Å². The quantitative estimate of drug-likeness (QED) is 0.593. The lowest BCUT2D eigenvalue weighted by molar-refractivity contribution is -0.128. The van der Waals surface area contributed by atoms with Crippen LogP contribution in [0.15, 0.2) is 35.5 Å². The maximum atomic E-state index is 12.4. The average Bonchev–Trinajstić information content (AvgIpc) is 2.57. The van der Waals surface area contributed by atoms with E-state index in [0.717, 1.165) is 22.7 Å². The summed E-state index contributed by atoms with van der Waals surface area (Å²) in [5, 5.41) is 0.645. The number of hydrogen-bond donors (Lipinski definition) is 0. The van der Waals surface area contributed by atoms with Gasteiger partial charge in [-0.1, -0.05) is 23.9 Å². The highest BCUT2D eigenvalue weighted by Crippen LogP contribution is 2.23. The first-order valence-corrected chi connectivity index (χ1v) is 8.74. The Labute approximate surface area is 147 Å². The largest absolute Gasteiger partial charge is 0.497 e. The zero-order valence-corrected chi connectivity index (χ0v) is 15.6. The van der Waals surface area contributed by atoms with Gasteiger partial charge in [0.1, 0.15) is 5.75 Å². The van der Waals surface area contributed by atoms with E-state index in [0.29, 0.717) is 10.9 Å². The molecule has 1 heterocycles. The molecule has 0 fully saturated rings. The van der Waals surface area contributed by atoms with Crippen molar-refractivity contribution in [1.82, 2.24) is 14.9 Å². The fourth-order valence-corrected chi connectivity index (χ4v) is 3.18. The van der Waals surface area contributed by atoms with Gasteiger partial charge in [-0.2, -0.15) is 0 Å². The lowest BCUT2D eigenvalue weighted by Gasteiger charge is -2.25. The summed E-state index contributed by atoms with van der Waals surface area (Å²) >= 11 is 1.37. The van der Waals surface area contributed by atoms with E-state index in [1.54, 1.807) is 12.0 Å². The third-order valence-corrected chi connectivity index (χ3v) is 4.69. The molecule has 0 aliphatic heterocycles. The number of carbonyl (C=O) groups is 1. The van der Waals surface area contributed by atoms with Crippen molar-refractivity contribution in [2.24, 2.45) is 0 Å². The van der Waals surface area contributed by atoms with Crippen LogP contribution in [0, 0.1) is 13.8 Å². The Balaban J connectivity index is 1.97. The molecule has 1 aromatic heterocycles. The van der Waals surface area contributed by atoms with Gasteiger partial charge in [-0.3, -0.25) is 4.79 Å². The molecule has 2 aromatic rings. The van der Waals surface area contributed by atoms with Crippen molar-refractivity contribution >= 4 is 17.7 Å². The Morgan fingerprint density at radius 1 is 1.21 bits per heavy atom. The van der Waals surface area contributed by atoms with Gasteiger partial charge in [0.25, 0.3) is 0 Å². The molecule has 128 valence electrons. The third-order valence-electron chi connectivity index (χ3n) is 3.86. The SMILES string of the molecule is COc1ccc(C(C)N(C)C(=O)CSc2nc(C)cc(C)n2)cc1. The highest BCUT2D eigenvalue weighted by Gasteiger charge is 2.18. The Kier molecular flexibility index (Phi) is 6.20. The number of methoxy groups -OCH3 is 1. The summed E-state index contributed by atoms with van der Waals surface area (Å²) in [5.41, 5.74) is 2.90. The van der Waals surface area contributed by atoms with Crippen LogP contribution in [0.3, 0.4) is 0 Å². The molecule has 1 atom stereocenters. The second kappa shape index (κ2) is 8.15. The topological polar surface area (TPSA) is 55.3 Å². The molecule has 0 bridgehead atoms. The Bertz CT molecular complexity index is 684. The summed E-state index contributed by atoms with van der Waals surface area (Å²) in [6.07, 6.45) is 0. The van der Waals surface area contributed by atoms with E-state index in [9.17, 15) is 4.79 Å². The number of thioether (sulfide) groups is 1. The monoisotopic (exact) mass is 345 g/mol. The molecule has 0 N–H and O–H groups in total. The molecule has 0 aliphatic rings. The molecule has 5 nitrogen and oxygen atoms in total. The van der Waals surface area contributed by atoms with Crippen LogP contribution in [0.2, 0.25) is 0 Å². The summed E-state index contributed by atoms with van der Waals surface area (Å²) in [7, 11) is 3.46. The lowest BCUT2D eigenvalue weighted by atomic mass is 10.1. The minimum absolute atomic E-state index is 0.0100. The van der Waals surface area contributed by atoms with E-state index >= 15 is 0 Å². The van der Waals surface area contributed by atoms with Crippen LogP contribution in [0.25, 0.3) is 0 Å². The third kappa shape index (κ3) is 4.71. The standard InChI is InChI=1S/C18H23N3O2S/c1-12-10-13(2)20-18(19-12)24-11-17(22)21(4)14(3)15-6-8-16(23-5)9-7-15/h6-10,14H,11H2,1-5H3.